The molecule has 0 bridgehead atoms. The van der Waals surface area contributed by atoms with Crippen LogP contribution in [-0.4, -0.2) is 0 Å². The summed E-state index contributed by atoms with van der Waals surface area (Å²) in [4.78, 5) is 0. The van der Waals surface area contributed by atoms with Gasteiger partial charge in [-0.3, -0.25) is 0 Å². The molecule has 0 atom stereocenters. The van der Waals surface area contributed by atoms with Crippen LogP contribution in [0.1, 0.15) is 50.8 Å². The summed E-state index contributed by atoms with van der Waals surface area (Å²) in [5.74, 6) is 0. The van der Waals surface area contributed by atoms with E-state index < -0.39 is 0 Å². The summed E-state index contributed by atoms with van der Waals surface area (Å²) >= 11 is 9.52. The molecular weight excluding hydrogens is 870 g/mol. The summed E-state index contributed by atoms with van der Waals surface area (Å²) in [7, 11) is 32.6. The van der Waals surface area contributed by atoms with Gasteiger partial charge in [-0.05, 0) is 46.9 Å². The van der Waals surface area contributed by atoms with E-state index in [1.54, 1.807) is 151 Å². The first-order valence-electron chi connectivity index (χ1n) is 9.20. The molecule has 0 saturated heterocycles. The average Bonchev–Trinajstić information content (AvgIpc) is 3.02. The van der Waals surface area contributed by atoms with E-state index in [1.165, 1.54) is 34.5 Å². The number of benzene rings is 1. The van der Waals surface area contributed by atoms with Crippen molar-refractivity contribution in [2.45, 2.75) is 51.9 Å². The highest BCUT2D eigenvalue weighted by Crippen LogP contribution is 2.52. The largest absolute Gasteiger partial charge is 0.397 e. The van der Waals surface area contributed by atoms with Crippen LogP contribution in [0.25, 0.3) is 0 Å². The summed E-state index contributed by atoms with van der Waals surface area (Å²) in [6, 6.07) is 2.08. The van der Waals surface area contributed by atoms with Gasteiger partial charge in [-0.2, -0.15) is 0 Å². The van der Waals surface area contributed by atoms with Gasteiger partial charge in [0.2, 0.25) is 0 Å². The first kappa shape index (κ1) is 38.5. The van der Waals surface area contributed by atoms with Gasteiger partial charge in [0.15, 0.2) is 0 Å². The third kappa shape index (κ3) is 15.6. The number of anilines is 2. The minimum absolute atomic E-state index is 0.199. The third-order valence-corrected chi connectivity index (χ3v) is 44.4. The first-order valence-corrected chi connectivity index (χ1v) is 35.9. The summed E-state index contributed by atoms with van der Waals surface area (Å²) in [6.07, 6.45) is 1.15. The molecule has 0 saturated carbocycles. The molecule has 0 spiro atoms. The van der Waals surface area contributed by atoms with E-state index in [0.29, 0.717) is 0 Å². The van der Waals surface area contributed by atoms with Crippen molar-refractivity contribution < 1.29 is 0 Å². The van der Waals surface area contributed by atoms with Crippen LogP contribution in [0.2, 0.25) is 0 Å². The zero-order valence-electron chi connectivity index (χ0n) is 19.5. The molecule has 0 aliphatic heterocycles. The van der Waals surface area contributed by atoms with Crippen LogP contribution in [0.5, 0.6) is 0 Å². The number of nitrogen functional groups attached to an aromatic ring is 2. The number of nitrogens with two attached hydrogens (primary N) is 2. The van der Waals surface area contributed by atoms with E-state index in [1.807, 2.05) is 0 Å². The lowest BCUT2D eigenvalue weighted by molar-refractivity contribution is 0.402. The minimum Gasteiger partial charge on any atom is -0.397 e. The number of fused-ring (bicyclic) bond motifs is 1. The molecule has 0 aromatic heterocycles. The van der Waals surface area contributed by atoms with Crippen LogP contribution in [0, 0.1) is 6.92 Å². The Hall–Kier alpha value is 3.44. The standard InChI is InChI=1S/C14H22N2.S21/c1-8-11-9(6-10(15)12(8)16)13(2,3)7-14(11,4)5;1-3-5-7-9-11-13-15-17-19-21-20-18-16-14-12-10-8-6-4-2/h6H,7,15-16H2,1-5H3;. The Morgan fingerprint density at radius 2 is 0.919 bits per heavy atom. The average molecular weight is 892 g/mol. The fraction of sp³-hybridized carbons (Fsp3) is 0.571. The minimum atomic E-state index is 0.199. The van der Waals surface area contributed by atoms with Crippen molar-refractivity contribution in [1.29, 1.82) is 0 Å². The number of hydrogen-bond donors (Lipinski definition) is 2. The molecular formula is C14H22N2S21. The van der Waals surface area contributed by atoms with Crippen molar-refractivity contribution in [3.8, 4) is 0 Å². The molecule has 37 heavy (non-hydrogen) atoms. The predicted molar refractivity (Wildman–Crippen MR) is 225 cm³/mol. The topological polar surface area (TPSA) is 52.0 Å². The molecule has 1 aliphatic carbocycles. The van der Waals surface area contributed by atoms with Crippen molar-refractivity contribution in [3.05, 3.63) is 22.8 Å². The molecule has 1 aliphatic rings. The van der Waals surface area contributed by atoms with Crippen LogP contribution in [0.15, 0.2) is 6.07 Å². The molecule has 0 unspecified atom stereocenters. The van der Waals surface area contributed by atoms with Gasteiger partial charge in [0.05, 0.1) is 11.4 Å². The zero-order valence-corrected chi connectivity index (χ0v) is 36.7. The van der Waals surface area contributed by atoms with Crippen LogP contribution in [0.3, 0.4) is 0 Å². The van der Waals surface area contributed by atoms with E-state index in [2.05, 4.69) is 40.7 Å². The van der Waals surface area contributed by atoms with Crippen LogP contribution >= 0.6 is 0 Å². The maximum absolute atomic E-state index is 6.04. The third-order valence-electron chi connectivity index (χ3n) is 4.45. The van der Waals surface area contributed by atoms with Crippen LogP contribution in [0.4, 0.5) is 11.4 Å². The second-order valence-electron chi connectivity index (χ2n) is 7.66. The Morgan fingerprint density at radius 1 is 0.595 bits per heavy atom. The van der Waals surface area contributed by atoms with Gasteiger partial charge in [-0.1, -0.05) is 27.7 Å². The van der Waals surface area contributed by atoms with Crippen molar-refractivity contribution >= 4 is 202 Å². The van der Waals surface area contributed by atoms with E-state index >= 15 is 0 Å². The van der Waals surface area contributed by atoms with Gasteiger partial charge < -0.3 is 11.5 Å². The van der Waals surface area contributed by atoms with Crippen LogP contribution < -0.4 is 11.5 Å². The van der Waals surface area contributed by atoms with Gasteiger partial charge >= 0.3 is 0 Å². The van der Waals surface area contributed by atoms with Crippen molar-refractivity contribution in [1.82, 2.24) is 0 Å². The summed E-state index contributed by atoms with van der Waals surface area (Å²) in [6.45, 7) is 11.3. The molecule has 2 rings (SSSR count). The second-order valence-corrected chi connectivity index (χ2v) is 41.3. The van der Waals surface area contributed by atoms with Gasteiger partial charge in [0, 0.05) is 191 Å². The Morgan fingerprint density at radius 3 is 1.24 bits per heavy atom. The zero-order chi connectivity index (χ0) is 27.7. The molecule has 1 aromatic carbocycles. The first-order chi connectivity index (χ1) is 17.6. The molecule has 2 nitrogen and oxygen atoms in total. The fourth-order valence-electron chi connectivity index (χ4n) is 3.75. The van der Waals surface area contributed by atoms with Crippen molar-refractivity contribution in [3.63, 3.8) is 0 Å². The smallest absolute Gasteiger partial charge is 0.0580 e. The Labute approximate surface area is 283 Å². The molecule has 0 amide bonds. The van der Waals surface area contributed by atoms with Gasteiger partial charge in [-0.15, -0.1) is 0 Å². The molecule has 0 heterocycles. The molecule has 214 valence electrons. The van der Waals surface area contributed by atoms with E-state index in [0.717, 1.165) is 17.8 Å². The second kappa shape index (κ2) is 22.0. The van der Waals surface area contributed by atoms with Gasteiger partial charge in [-0.25, -0.2) is 0 Å². The van der Waals surface area contributed by atoms with Gasteiger partial charge in [0.25, 0.3) is 0 Å². The predicted octanol–water partition coefficient (Wildman–Crippen LogP) is 3.07. The number of rotatable bonds is 0. The Kier molecular flexibility index (Phi) is 22.9. The summed E-state index contributed by atoms with van der Waals surface area (Å²) in [5.41, 5.74) is 17.9. The maximum Gasteiger partial charge on any atom is 0.0580 e. The lowest BCUT2D eigenvalue weighted by atomic mass is 9.81. The molecule has 0 radical (unpaired) electrons. The van der Waals surface area contributed by atoms with E-state index in [9.17, 15) is 0 Å². The lowest BCUT2D eigenvalue weighted by Crippen LogP contribution is -2.18. The maximum atomic E-state index is 6.04. The SMILES string of the molecule is Cc1c(N)c(N)cc2c1C(C)(C)CC2(C)C.S=S=S=S=S=S=S=S=S=S=S=S=S=S=S=S=S=S=S=S=S. The highest BCUT2D eigenvalue weighted by Gasteiger charge is 2.43. The molecule has 0 fully saturated rings. The highest BCUT2D eigenvalue weighted by atomic mass is 33.5. The van der Waals surface area contributed by atoms with Gasteiger partial charge in [0.1, 0.15) is 0 Å². The number of hydrogen-bond acceptors (Lipinski definition) is 4. The summed E-state index contributed by atoms with van der Waals surface area (Å²) in [5, 5.41) is 0. The molecule has 23 heteroatoms. The van der Waals surface area contributed by atoms with Crippen molar-refractivity contribution in [2.75, 3.05) is 11.5 Å². The van der Waals surface area contributed by atoms with E-state index in [4.69, 9.17) is 33.8 Å². The highest BCUT2D eigenvalue weighted by molar-refractivity contribution is 8.78. The summed E-state index contributed by atoms with van der Waals surface area (Å²) < 4.78 is 0. The molecule has 4 N–H and O–H groups in total. The van der Waals surface area contributed by atoms with Crippen molar-refractivity contribution in [2.24, 2.45) is 0 Å². The Bertz CT molecular complexity index is 1760. The normalized spacial score (nSPS) is 13.2. The monoisotopic (exact) mass is 890 g/mol. The van der Waals surface area contributed by atoms with Crippen LogP contribution in [-0.2, 0) is 202 Å². The Balaban J connectivity index is 0.000000381. The van der Waals surface area contributed by atoms with E-state index in [-0.39, 0.29) is 10.8 Å². The lowest BCUT2D eigenvalue weighted by Gasteiger charge is -2.23. The molecule has 1 aromatic rings. The fourth-order valence-corrected chi connectivity index (χ4v) is 50.4. The quantitative estimate of drug-likeness (QED) is 0.394.